The predicted molar refractivity (Wildman–Crippen MR) is 88.1 cm³/mol. The van der Waals surface area contributed by atoms with E-state index in [1.54, 1.807) is 11.3 Å². The van der Waals surface area contributed by atoms with Crippen molar-refractivity contribution in [1.82, 2.24) is 9.88 Å². The fraction of sp³-hybridized carbons (Fsp3) is 0.765. The molecule has 1 aliphatic heterocycles. The Kier molecular flexibility index (Phi) is 5.14. The number of likely N-dealkylation sites (tertiary alicyclic amines) is 1. The second-order valence-corrected chi connectivity index (χ2v) is 7.97. The smallest absolute Gasteiger partial charge is 0.307 e. The number of thiazole rings is 1. The summed E-state index contributed by atoms with van der Waals surface area (Å²) >= 11 is 1.80. The molecule has 1 aliphatic carbocycles. The van der Waals surface area contributed by atoms with Crippen LogP contribution < -0.4 is 0 Å². The van der Waals surface area contributed by atoms with Crippen LogP contribution in [0.25, 0.3) is 0 Å². The molecule has 4 nitrogen and oxygen atoms in total. The molecule has 5 heteroatoms. The van der Waals surface area contributed by atoms with Gasteiger partial charge >= 0.3 is 5.97 Å². The number of aromatic nitrogens is 1. The highest BCUT2D eigenvalue weighted by atomic mass is 32.1. The Morgan fingerprint density at radius 3 is 2.86 bits per heavy atom. The summed E-state index contributed by atoms with van der Waals surface area (Å²) in [6, 6.07) is 0. The Morgan fingerprint density at radius 2 is 2.14 bits per heavy atom. The van der Waals surface area contributed by atoms with Crippen molar-refractivity contribution in [3.63, 3.8) is 0 Å². The monoisotopic (exact) mass is 322 g/mol. The van der Waals surface area contributed by atoms with Gasteiger partial charge in [0.2, 0.25) is 0 Å². The number of aliphatic carboxylic acids is 1. The minimum atomic E-state index is -0.655. The summed E-state index contributed by atoms with van der Waals surface area (Å²) in [4.78, 5) is 18.4. The van der Waals surface area contributed by atoms with Crippen LogP contribution in [0.15, 0.2) is 5.38 Å². The zero-order chi connectivity index (χ0) is 15.5. The lowest BCUT2D eigenvalue weighted by molar-refractivity contribution is -0.144. The highest BCUT2D eigenvalue weighted by Gasteiger charge is 2.29. The lowest BCUT2D eigenvalue weighted by Crippen LogP contribution is -2.42. The molecule has 0 spiro atoms. The fourth-order valence-corrected chi connectivity index (χ4v) is 4.91. The zero-order valence-corrected chi connectivity index (χ0v) is 14.1. The highest BCUT2D eigenvalue weighted by Crippen LogP contribution is 2.34. The van der Waals surface area contributed by atoms with Gasteiger partial charge in [0.15, 0.2) is 0 Å². The summed E-state index contributed by atoms with van der Waals surface area (Å²) in [6.45, 7) is 4.60. The number of piperidine rings is 1. The number of nitrogens with zero attached hydrogens (tertiary/aromatic N) is 2. The van der Waals surface area contributed by atoms with Crippen molar-refractivity contribution in [2.75, 3.05) is 13.1 Å². The molecule has 0 amide bonds. The standard InChI is InChI=1S/C17H26N2O2S/c1-12-7-14(17(20)21)9-19(8-12)10-15-11-22-16(18-15)13-5-3-2-4-6-13/h11-14H,2-10H2,1H3,(H,20,21). The van der Waals surface area contributed by atoms with E-state index in [1.165, 1.54) is 37.1 Å². The third-order valence-corrected chi connectivity index (χ3v) is 6.05. The van der Waals surface area contributed by atoms with Crippen molar-refractivity contribution in [1.29, 1.82) is 0 Å². The van der Waals surface area contributed by atoms with Crippen molar-refractivity contribution in [2.45, 2.75) is 57.9 Å². The molecule has 0 radical (unpaired) electrons. The maximum Gasteiger partial charge on any atom is 0.307 e. The molecule has 122 valence electrons. The SMILES string of the molecule is CC1CC(C(=O)O)CN(Cc2csc(C3CCCCC3)n2)C1. The molecule has 0 bridgehead atoms. The molecule has 2 unspecified atom stereocenters. The van der Waals surface area contributed by atoms with Gasteiger partial charge in [-0.1, -0.05) is 26.2 Å². The minimum Gasteiger partial charge on any atom is -0.481 e. The minimum absolute atomic E-state index is 0.222. The van der Waals surface area contributed by atoms with Crippen LogP contribution in [-0.2, 0) is 11.3 Å². The van der Waals surface area contributed by atoms with Crippen LogP contribution in [0.4, 0.5) is 0 Å². The average Bonchev–Trinajstić information content (AvgIpc) is 2.96. The highest BCUT2D eigenvalue weighted by molar-refractivity contribution is 7.09. The Morgan fingerprint density at radius 1 is 1.36 bits per heavy atom. The lowest BCUT2D eigenvalue weighted by atomic mass is 9.90. The van der Waals surface area contributed by atoms with Gasteiger partial charge in [-0.25, -0.2) is 4.98 Å². The van der Waals surface area contributed by atoms with Gasteiger partial charge in [-0.3, -0.25) is 9.69 Å². The van der Waals surface area contributed by atoms with Gasteiger partial charge in [-0.15, -0.1) is 11.3 Å². The first-order valence-corrected chi connectivity index (χ1v) is 9.39. The summed E-state index contributed by atoms with van der Waals surface area (Å²) in [5.74, 6) is 0.240. The number of carbonyl (C=O) groups is 1. The van der Waals surface area contributed by atoms with E-state index in [2.05, 4.69) is 17.2 Å². The van der Waals surface area contributed by atoms with Crippen LogP contribution in [0.2, 0.25) is 0 Å². The van der Waals surface area contributed by atoms with Crippen LogP contribution in [0.1, 0.15) is 62.1 Å². The number of rotatable bonds is 4. The molecule has 2 fully saturated rings. The van der Waals surface area contributed by atoms with Gasteiger partial charge in [-0.05, 0) is 25.2 Å². The molecule has 1 aromatic heterocycles. The lowest BCUT2D eigenvalue weighted by Gasteiger charge is -2.34. The molecule has 0 aromatic carbocycles. The van der Waals surface area contributed by atoms with Crippen LogP contribution in [0, 0.1) is 11.8 Å². The van der Waals surface area contributed by atoms with Crippen LogP contribution >= 0.6 is 11.3 Å². The Hall–Kier alpha value is -0.940. The van der Waals surface area contributed by atoms with E-state index in [0.717, 1.165) is 25.2 Å². The number of hydrogen-bond acceptors (Lipinski definition) is 4. The van der Waals surface area contributed by atoms with E-state index in [0.29, 0.717) is 18.4 Å². The van der Waals surface area contributed by atoms with E-state index in [-0.39, 0.29) is 5.92 Å². The zero-order valence-electron chi connectivity index (χ0n) is 13.3. The van der Waals surface area contributed by atoms with E-state index >= 15 is 0 Å². The molecule has 1 saturated carbocycles. The summed E-state index contributed by atoms with van der Waals surface area (Å²) in [7, 11) is 0. The van der Waals surface area contributed by atoms with Gasteiger partial charge < -0.3 is 5.11 Å². The Balaban J connectivity index is 1.60. The van der Waals surface area contributed by atoms with Gasteiger partial charge in [0.1, 0.15) is 0 Å². The topological polar surface area (TPSA) is 53.4 Å². The van der Waals surface area contributed by atoms with Gasteiger partial charge in [0, 0.05) is 30.9 Å². The van der Waals surface area contributed by atoms with E-state index in [9.17, 15) is 9.90 Å². The summed E-state index contributed by atoms with van der Waals surface area (Å²) < 4.78 is 0. The molecule has 1 N–H and O–H groups in total. The first kappa shape index (κ1) is 15.9. The number of carboxylic acids is 1. The summed E-state index contributed by atoms with van der Waals surface area (Å²) in [6.07, 6.45) is 7.42. The maximum absolute atomic E-state index is 11.3. The van der Waals surface area contributed by atoms with Crippen LogP contribution in [0.5, 0.6) is 0 Å². The summed E-state index contributed by atoms with van der Waals surface area (Å²) in [5.41, 5.74) is 1.13. The molecule has 3 rings (SSSR count). The molecule has 22 heavy (non-hydrogen) atoms. The van der Waals surface area contributed by atoms with Crippen LogP contribution in [-0.4, -0.2) is 34.0 Å². The van der Waals surface area contributed by atoms with Crippen molar-refractivity contribution in [3.05, 3.63) is 16.1 Å². The molecule has 1 saturated heterocycles. The van der Waals surface area contributed by atoms with Crippen molar-refractivity contribution >= 4 is 17.3 Å². The Labute approximate surface area is 136 Å². The predicted octanol–water partition coefficient (Wildman–Crippen LogP) is 3.73. The van der Waals surface area contributed by atoms with Crippen molar-refractivity contribution < 1.29 is 9.90 Å². The van der Waals surface area contributed by atoms with Gasteiger partial charge in [-0.2, -0.15) is 0 Å². The van der Waals surface area contributed by atoms with Gasteiger partial charge in [0.25, 0.3) is 0 Å². The van der Waals surface area contributed by atoms with E-state index in [4.69, 9.17) is 4.98 Å². The number of hydrogen-bond donors (Lipinski definition) is 1. The first-order valence-electron chi connectivity index (χ1n) is 8.51. The third kappa shape index (κ3) is 3.87. The largest absolute Gasteiger partial charge is 0.481 e. The van der Waals surface area contributed by atoms with Crippen LogP contribution in [0.3, 0.4) is 0 Å². The maximum atomic E-state index is 11.3. The second kappa shape index (κ2) is 7.09. The first-order chi connectivity index (χ1) is 10.6. The van der Waals surface area contributed by atoms with Gasteiger partial charge in [0.05, 0.1) is 16.6 Å². The molecular weight excluding hydrogens is 296 g/mol. The number of carboxylic acid groups (broad SMARTS) is 1. The quantitative estimate of drug-likeness (QED) is 0.917. The second-order valence-electron chi connectivity index (χ2n) is 7.08. The van der Waals surface area contributed by atoms with E-state index in [1.807, 2.05) is 0 Å². The molecular formula is C17H26N2O2S. The average molecular weight is 322 g/mol. The molecule has 2 atom stereocenters. The molecule has 1 aromatic rings. The molecule has 2 aliphatic rings. The summed E-state index contributed by atoms with van der Waals surface area (Å²) in [5, 5.41) is 12.8. The fourth-order valence-electron chi connectivity index (χ4n) is 3.93. The van der Waals surface area contributed by atoms with E-state index < -0.39 is 5.97 Å². The van der Waals surface area contributed by atoms with Crippen molar-refractivity contribution in [2.24, 2.45) is 11.8 Å². The normalized spacial score (nSPS) is 27.9. The third-order valence-electron chi connectivity index (χ3n) is 4.99. The van der Waals surface area contributed by atoms with Crippen molar-refractivity contribution in [3.8, 4) is 0 Å². The molecule has 2 heterocycles. The Bertz CT molecular complexity index is 511.